The van der Waals surface area contributed by atoms with Crippen LogP contribution in [0.1, 0.15) is 5.56 Å². The van der Waals surface area contributed by atoms with Gasteiger partial charge in [0.15, 0.2) is 0 Å². The van der Waals surface area contributed by atoms with Crippen LogP contribution in [0.5, 0.6) is 11.5 Å². The van der Waals surface area contributed by atoms with Crippen molar-refractivity contribution in [3.8, 4) is 11.5 Å². The second-order valence-electron chi connectivity index (χ2n) is 5.35. The van der Waals surface area contributed by atoms with Gasteiger partial charge < -0.3 is 10.5 Å². The van der Waals surface area contributed by atoms with Crippen molar-refractivity contribution < 1.29 is 13.2 Å². The molecule has 1 heterocycles. The van der Waals surface area contributed by atoms with Crippen molar-refractivity contribution in [1.29, 1.82) is 0 Å². The average molecular weight is 390 g/mol. The zero-order valence-electron chi connectivity index (χ0n) is 13.6. The first-order valence-corrected chi connectivity index (χ1v) is 9.54. The van der Waals surface area contributed by atoms with Crippen LogP contribution in [0.2, 0.25) is 5.02 Å². The van der Waals surface area contributed by atoms with Crippen molar-refractivity contribution in [1.82, 2.24) is 4.98 Å². The number of sulfonamides is 1. The standard InChI is InChI=1S/C18H16ClN3O3S/c19-16-3-1-2-4-18(16)25-14-5-7-15(8-6-14)26(23,24)22-17-12-21-10-9-13(17)11-20/h1-10,12,22H,11,20H2. The first-order chi connectivity index (χ1) is 12.5. The van der Waals surface area contributed by atoms with Gasteiger partial charge in [0.05, 0.1) is 21.8 Å². The Balaban J connectivity index is 1.80. The Labute approximate surface area is 156 Å². The van der Waals surface area contributed by atoms with Gasteiger partial charge in [0.1, 0.15) is 11.5 Å². The molecule has 0 aliphatic rings. The van der Waals surface area contributed by atoms with Gasteiger partial charge >= 0.3 is 0 Å². The Morgan fingerprint density at radius 3 is 2.50 bits per heavy atom. The summed E-state index contributed by atoms with van der Waals surface area (Å²) < 4.78 is 33.3. The number of benzene rings is 2. The molecule has 0 aliphatic heterocycles. The van der Waals surface area contributed by atoms with Crippen LogP contribution in [-0.2, 0) is 16.6 Å². The molecular weight excluding hydrogens is 374 g/mol. The van der Waals surface area contributed by atoms with Crippen LogP contribution in [0, 0.1) is 0 Å². The van der Waals surface area contributed by atoms with Gasteiger partial charge in [0, 0.05) is 12.7 Å². The van der Waals surface area contributed by atoms with Crippen molar-refractivity contribution in [2.75, 3.05) is 4.72 Å². The number of halogens is 1. The van der Waals surface area contributed by atoms with Gasteiger partial charge in [0.2, 0.25) is 0 Å². The van der Waals surface area contributed by atoms with Gasteiger partial charge in [-0.1, -0.05) is 23.7 Å². The molecule has 3 rings (SSSR count). The lowest BCUT2D eigenvalue weighted by molar-refractivity contribution is 0.482. The summed E-state index contributed by atoms with van der Waals surface area (Å²) in [6.07, 6.45) is 2.98. The lowest BCUT2D eigenvalue weighted by atomic mass is 10.2. The lowest BCUT2D eigenvalue weighted by Crippen LogP contribution is -2.15. The van der Waals surface area contributed by atoms with Crippen molar-refractivity contribution >= 4 is 27.3 Å². The van der Waals surface area contributed by atoms with Gasteiger partial charge in [-0.25, -0.2) is 8.42 Å². The molecule has 0 saturated carbocycles. The molecule has 0 radical (unpaired) electrons. The smallest absolute Gasteiger partial charge is 0.261 e. The Morgan fingerprint density at radius 2 is 1.81 bits per heavy atom. The first kappa shape index (κ1) is 18.2. The summed E-state index contributed by atoms with van der Waals surface area (Å²) >= 11 is 6.05. The largest absolute Gasteiger partial charge is 0.456 e. The van der Waals surface area contributed by atoms with E-state index in [9.17, 15) is 8.42 Å². The summed E-state index contributed by atoms with van der Waals surface area (Å²) in [5.74, 6) is 0.965. The maximum Gasteiger partial charge on any atom is 0.261 e. The van der Waals surface area contributed by atoms with Crippen molar-refractivity contribution in [3.63, 3.8) is 0 Å². The van der Waals surface area contributed by atoms with Crippen LogP contribution in [0.25, 0.3) is 0 Å². The monoisotopic (exact) mass is 389 g/mol. The number of nitrogens with zero attached hydrogens (tertiary/aromatic N) is 1. The fourth-order valence-corrected chi connectivity index (χ4v) is 3.50. The zero-order chi connectivity index (χ0) is 18.6. The van der Waals surface area contributed by atoms with Crippen LogP contribution in [-0.4, -0.2) is 13.4 Å². The highest BCUT2D eigenvalue weighted by molar-refractivity contribution is 7.92. The quantitative estimate of drug-likeness (QED) is 0.668. The van der Waals surface area contributed by atoms with Gasteiger partial charge in [-0.05, 0) is 48.0 Å². The SMILES string of the molecule is NCc1ccncc1NS(=O)(=O)c1ccc(Oc2ccccc2Cl)cc1. The van der Waals surface area contributed by atoms with Crippen LogP contribution in [0.15, 0.2) is 71.9 Å². The fraction of sp³-hybridized carbons (Fsp3) is 0.0556. The number of anilines is 1. The highest BCUT2D eigenvalue weighted by Crippen LogP contribution is 2.29. The molecule has 26 heavy (non-hydrogen) atoms. The number of ether oxygens (including phenoxy) is 1. The molecular formula is C18H16ClN3O3S. The molecule has 0 bridgehead atoms. The third-order valence-corrected chi connectivity index (χ3v) is 5.27. The van der Waals surface area contributed by atoms with Crippen LogP contribution in [0.4, 0.5) is 5.69 Å². The number of rotatable bonds is 6. The maximum absolute atomic E-state index is 12.6. The third-order valence-electron chi connectivity index (χ3n) is 3.57. The molecule has 0 amide bonds. The Morgan fingerprint density at radius 1 is 1.08 bits per heavy atom. The van der Waals surface area contributed by atoms with E-state index in [0.717, 1.165) is 0 Å². The van der Waals surface area contributed by atoms with E-state index in [1.54, 1.807) is 48.7 Å². The van der Waals surface area contributed by atoms with Crippen molar-refractivity contribution in [2.45, 2.75) is 11.4 Å². The molecule has 3 aromatic rings. The fourth-order valence-electron chi connectivity index (χ4n) is 2.24. The van der Waals surface area contributed by atoms with Gasteiger partial charge in [-0.3, -0.25) is 9.71 Å². The minimum Gasteiger partial charge on any atom is -0.456 e. The second-order valence-corrected chi connectivity index (χ2v) is 7.44. The number of hydrogen-bond acceptors (Lipinski definition) is 5. The molecule has 134 valence electrons. The number of nitrogens with two attached hydrogens (primary N) is 1. The summed E-state index contributed by atoms with van der Waals surface area (Å²) in [6.45, 7) is 0.199. The normalized spacial score (nSPS) is 11.2. The second kappa shape index (κ2) is 7.74. The molecule has 0 saturated heterocycles. The van der Waals surface area contributed by atoms with Gasteiger partial charge in [-0.2, -0.15) is 0 Å². The van der Waals surface area contributed by atoms with Crippen molar-refractivity contribution in [3.05, 3.63) is 77.6 Å². The van der Waals surface area contributed by atoms with Crippen LogP contribution in [0.3, 0.4) is 0 Å². The highest BCUT2D eigenvalue weighted by atomic mass is 35.5. The van der Waals surface area contributed by atoms with Crippen LogP contribution < -0.4 is 15.2 Å². The number of pyridine rings is 1. The summed E-state index contributed by atoms with van der Waals surface area (Å²) in [5, 5.41) is 0.469. The van der Waals surface area contributed by atoms with E-state index in [2.05, 4.69) is 9.71 Å². The summed E-state index contributed by atoms with van der Waals surface area (Å²) in [7, 11) is -3.77. The Bertz CT molecular complexity index is 1010. The first-order valence-electron chi connectivity index (χ1n) is 7.68. The van der Waals surface area contributed by atoms with Gasteiger partial charge in [0.25, 0.3) is 10.0 Å². The number of para-hydroxylation sites is 1. The van der Waals surface area contributed by atoms with E-state index in [4.69, 9.17) is 22.1 Å². The predicted octanol–water partition coefficient (Wildman–Crippen LogP) is 3.79. The van der Waals surface area contributed by atoms with Gasteiger partial charge in [-0.15, -0.1) is 0 Å². The topological polar surface area (TPSA) is 94.3 Å². The Hall–Kier alpha value is -2.61. The minimum atomic E-state index is -3.77. The minimum absolute atomic E-state index is 0.0934. The average Bonchev–Trinajstić information content (AvgIpc) is 2.64. The summed E-state index contributed by atoms with van der Waals surface area (Å²) in [4.78, 5) is 4.02. The zero-order valence-corrected chi connectivity index (χ0v) is 15.2. The maximum atomic E-state index is 12.6. The van der Waals surface area contributed by atoms with E-state index >= 15 is 0 Å². The molecule has 1 aromatic heterocycles. The highest BCUT2D eigenvalue weighted by Gasteiger charge is 2.16. The summed E-state index contributed by atoms with van der Waals surface area (Å²) in [5.41, 5.74) is 6.63. The van der Waals surface area contributed by atoms with E-state index in [0.29, 0.717) is 27.8 Å². The third kappa shape index (κ3) is 4.13. The molecule has 0 fully saturated rings. The van der Waals surface area contributed by atoms with E-state index in [1.807, 2.05) is 0 Å². The van der Waals surface area contributed by atoms with E-state index in [-0.39, 0.29) is 11.4 Å². The number of nitrogens with one attached hydrogen (secondary N) is 1. The number of aromatic nitrogens is 1. The Kier molecular flexibility index (Phi) is 5.41. The van der Waals surface area contributed by atoms with E-state index in [1.165, 1.54) is 18.3 Å². The van der Waals surface area contributed by atoms with Crippen LogP contribution >= 0.6 is 11.6 Å². The summed E-state index contributed by atoms with van der Waals surface area (Å²) in [6, 6.07) is 14.7. The molecule has 8 heteroatoms. The molecule has 2 aromatic carbocycles. The van der Waals surface area contributed by atoms with Crippen molar-refractivity contribution in [2.24, 2.45) is 5.73 Å². The molecule has 0 atom stereocenters. The molecule has 0 spiro atoms. The number of hydrogen-bond donors (Lipinski definition) is 2. The molecule has 0 unspecified atom stereocenters. The molecule has 0 aliphatic carbocycles. The van der Waals surface area contributed by atoms with E-state index < -0.39 is 10.0 Å². The molecule has 6 nitrogen and oxygen atoms in total. The predicted molar refractivity (Wildman–Crippen MR) is 101 cm³/mol. The molecule has 3 N–H and O–H groups in total. The lowest BCUT2D eigenvalue weighted by Gasteiger charge is -2.12.